The number of nitrogens with one attached hydrogen (secondary N) is 1. The van der Waals surface area contributed by atoms with Gasteiger partial charge >= 0.3 is 12.1 Å². The number of hydrogen-bond acceptors (Lipinski definition) is 3. The number of carboxylic acid groups (broad SMARTS) is 1. The van der Waals surface area contributed by atoms with Crippen LogP contribution in [0.2, 0.25) is 0 Å². The third-order valence-corrected chi connectivity index (χ3v) is 4.81. The van der Waals surface area contributed by atoms with Gasteiger partial charge in [0.1, 0.15) is 0 Å². The maximum absolute atomic E-state index is 12.6. The molecule has 1 saturated carbocycles. The zero-order chi connectivity index (χ0) is 15.4. The Bertz CT molecular complexity index is 435. The Hall–Kier alpha value is -0.830. The summed E-state index contributed by atoms with van der Waals surface area (Å²) in [7, 11) is -3.73. The molecule has 5 nitrogen and oxygen atoms in total. The Kier molecular flexibility index (Phi) is 5.81. The zero-order valence-corrected chi connectivity index (χ0v) is 11.6. The van der Waals surface area contributed by atoms with Gasteiger partial charge in [-0.15, -0.1) is 0 Å². The Morgan fingerprint density at radius 3 is 2.50 bits per heavy atom. The number of carboxylic acids is 1. The summed E-state index contributed by atoms with van der Waals surface area (Å²) in [5, 5.41) is 8.42. The van der Waals surface area contributed by atoms with Crippen LogP contribution < -0.4 is 4.72 Å². The monoisotopic (exact) mass is 317 g/mol. The average Bonchev–Trinajstić information content (AvgIpc) is 2.26. The van der Waals surface area contributed by atoms with E-state index in [0.29, 0.717) is 12.8 Å². The summed E-state index contributed by atoms with van der Waals surface area (Å²) >= 11 is 0. The molecule has 0 aromatic rings. The first-order chi connectivity index (χ1) is 9.10. The molecule has 0 saturated heterocycles. The Labute approximate surface area is 115 Å². The molecule has 0 bridgehead atoms. The topological polar surface area (TPSA) is 83.5 Å². The van der Waals surface area contributed by atoms with E-state index in [-0.39, 0.29) is 31.4 Å². The maximum Gasteiger partial charge on any atom is 0.391 e. The van der Waals surface area contributed by atoms with Gasteiger partial charge in [0.2, 0.25) is 10.0 Å². The van der Waals surface area contributed by atoms with Gasteiger partial charge < -0.3 is 5.11 Å². The largest absolute Gasteiger partial charge is 0.481 e. The van der Waals surface area contributed by atoms with E-state index in [1.165, 1.54) is 0 Å². The molecule has 2 unspecified atom stereocenters. The lowest BCUT2D eigenvalue weighted by atomic mass is 9.86. The molecule has 118 valence electrons. The van der Waals surface area contributed by atoms with Crippen molar-refractivity contribution in [1.29, 1.82) is 0 Å². The van der Waals surface area contributed by atoms with Crippen molar-refractivity contribution in [3.05, 3.63) is 0 Å². The molecule has 2 N–H and O–H groups in total. The number of rotatable bonds is 6. The first-order valence-corrected chi connectivity index (χ1v) is 8.04. The lowest BCUT2D eigenvalue weighted by Crippen LogP contribution is -2.42. The van der Waals surface area contributed by atoms with Crippen LogP contribution in [-0.2, 0) is 14.8 Å². The van der Waals surface area contributed by atoms with E-state index >= 15 is 0 Å². The van der Waals surface area contributed by atoms with E-state index in [1.54, 1.807) is 0 Å². The van der Waals surface area contributed by atoms with Gasteiger partial charge in [-0.1, -0.05) is 6.42 Å². The van der Waals surface area contributed by atoms with E-state index in [0.717, 1.165) is 0 Å². The minimum atomic E-state index is -4.30. The van der Waals surface area contributed by atoms with E-state index in [4.69, 9.17) is 5.11 Å². The molecule has 0 aliphatic heterocycles. The lowest BCUT2D eigenvalue weighted by Gasteiger charge is -2.30. The maximum atomic E-state index is 12.6. The Morgan fingerprint density at radius 1 is 1.30 bits per heavy atom. The number of carbonyl (C=O) groups is 1. The average molecular weight is 317 g/mol. The number of alkyl halides is 3. The fourth-order valence-corrected chi connectivity index (χ4v) is 3.68. The van der Waals surface area contributed by atoms with E-state index in [9.17, 15) is 26.4 Å². The fraction of sp³-hybridized carbons (Fsp3) is 0.909. The zero-order valence-electron chi connectivity index (χ0n) is 10.8. The molecule has 0 aromatic carbocycles. The highest BCUT2D eigenvalue weighted by atomic mass is 32.2. The van der Waals surface area contributed by atoms with Gasteiger partial charge in [-0.2, -0.15) is 13.2 Å². The predicted molar refractivity (Wildman–Crippen MR) is 65.6 cm³/mol. The molecule has 9 heteroatoms. The molecule has 2 atom stereocenters. The van der Waals surface area contributed by atoms with E-state index < -0.39 is 34.1 Å². The summed E-state index contributed by atoms with van der Waals surface area (Å²) < 4.78 is 63.3. The van der Waals surface area contributed by atoms with Crippen molar-refractivity contribution < 1.29 is 31.5 Å². The second-order valence-corrected chi connectivity index (χ2v) is 6.91. The van der Waals surface area contributed by atoms with Gasteiger partial charge in [0, 0.05) is 12.5 Å². The highest BCUT2D eigenvalue weighted by Gasteiger charge is 2.42. The van der Waals surface area contributed by atoms with Crippen LogP contribution in [0.3, 0.4) is 0 Å². The molecular formula is C11H18F3NO4S. The summed E-state index contributed by atoms with van der Waals surface area (Å²) in [5.41, 5.74) is 0. The summed E-state index contributed by atoms with van der Waals surface area (Å²) in [5.74, 6) is -2.95. The van der Waals surface area contributed by atoms with Gasteiger partial charge in [0.15, 0.2) is 0 Å². The first kappa shape index (κ1) is 17.2. The van der Waals surface area contributed by atoms with E-state index in [1.807, 2.05) is 0 Å². The molecule has 0 heterocycles. The fourth-order valence-electron chi connectivity index (χ4n) is 2.32. The molecule has 1 aliphatic rings. The first-order valence-electron chi connectivity index (χ1n) is 6.38. The summed E-state index contributed by atoms with van der Waals surface area (Å²) in [4.78, 5) is 10.3. The SMILES string of the molecule is O=C(O)CCCS(=O)(=O)NC1CCCC(C(F)(F)F)C1. The summed E-state index contributed by atoms with van der Waals surface area (Å²) in [6, 6.07) is -0.717. The quantitative estimate of drug-likeness (QED) is 0.783. The van der Waals surface area contributed by atoms with Gasteiger partial charge in [-0.3, -0.25) is 4.79 Å². The van der Waals surface area contributed by atoms with Crippen LogP contribution in [-0.4, -0.2) is 37.5 Å². The van der Waals surface area contributed by atoms with Crippen molar-refractivity contribution in [1.82, 2.24) is 4.72 Å². The third kappa shape index (κ3) is 6.08. The molecular weight excluding hydrogens is 299 g/mol. The minimum absolute atomic E-state index is 0.0285. The molecule has 1 rings (SSSR count). The minimum Gasteiger partial charge on any atom is -0.481 e. The van der Waals surface area contributed by atoms with Crippen LogP contribution in [0.1, 0.15) is 38.5 Å². The molecule has 0 amide bonds. The highest BCUT2D eigenvalue weighted by molar-refractivity contribution is 7.89. The van der Waals surface area contributed by atoms with Crippen LogP contribution >= 0.6 is 0 Å². The molecule has 20 heavy (non-hydrogen) atoms. The molecule has 1 fully saturated rings. The van der Waals surface area contributed by atoms with Gasteiger partial charge in [0.05, 0.1) is 11.7 Å². The predicted octanol–water partition coefficient (Wildman–Crippen LogP) is 1.89. The standard InChI is InChI=1S/C11H18F3NO4S/c12-11(13,14)8-3-1-4-9(7-8)15-20(18,19)6-2-5-10(16)17/h8-9,15H,1-7H2,(H,16,17). The molecule has 1 aliphatic carbocycles. The Balaban J connectivity index is 2.48. The van der Waals surface area contributed by atoms with Crippen molar-refractivity contribution in [2.45, 2.75) is 50.7 Å². The normalized spacial score (nSPS) is 24.6. The number of aliphatic carboxylic acids is 1. The van der Waals surface area contributed by atoms with Gasteiger partial charge in [0.25, 0.3) is 0 Å². The van der Waals surface area contributed by atoms with Crippen molar-refractivity contribution in [3.8, 4) is 0 Å². The number of sulfonamides is 1. The number of hydrogen-bond donors (Lipinski definition) is 2. The van der Waals surface area contributed by atoms with Crippen molar-refractivity contribution in [2.75, 3.05) is 5.75 Å². The molecule has 0 spiro atoms. The van der Waals surface area contributed by atoms with Crippen LogP contribution in [0, 0.1) is 5.92 Å². The Morgan fingerprint density at radius 2 is 1.95 bits per heavy atom. The van der Waals surface area contributed by atoms with Crippen LogP contribution in [0.15, 0.2) is 0 Å². The molecule has 0 aromatic heterocycles. The van der Waals surface area contributed by atoms with Crippen molar-refractivity contribution >= 4 is 16.0 Å². The molecule has 0 radical (unpaired) electrons. The van der Waals surface area contributed by atoms with Gasteiger partial charge in [-0.25, -0.2) is 13.1 Å². The van der Waals surface area contributed by atoms with Crippen molar-refractivity contribution in [2.24, 2.45) is 5.92 Å². The number of halogens is 3. The second kappa shape index (κ2) is 6.75. The van der Waals surface area contributed by atoms with Crippen LogP contribution in [0.25, 0.3) is 0 Å². The van der Waals surface area contributed by atoms with Crippen LogP contribution in [0.4, 0.5) is 13.2 Å². The van der Waals surface area contributed by atoms with Crippen molar-refractivity contribution in [3.63, 3.8) is 0 Å². The van der Waals surface area contributed by atoms with E-state index in [2.05, 4.69) is 4.72 Å². The van der Waals surface area contributed by atoms with Gasteiger partial charge in [-0.05, 0) is 25.7 Å². The lowest BCUT2D eigenvalue weighted by molar-refractivity contribution is -0.183. The third-order valence-electron chi connectivity index (χ3n) is 3.29. The smallest absolute Gasteiger partial charge is 0.391 e. The summed E-state index contributed by atoms with van der Waals surface area (Å²) in [6.07, 6.45) is -4.15. The highest BCUT2D eigenvalue weighted by Crippen LogP contribution is 2.37. The second-order valence-electron chi connectivity index (χ2n) is 5.04. The van der Waals surface area contributed by atoms with Crippen LogP contribution in [0.5, 0.6) is 0 Å². The summed E-state index contributed by atoms with van der Waals surface area (Å²) in [6.45, 7) is 0.